The van der Waals surface area contributed by atoms with Gasteiger partial charge in [-0.1, -0.05) is 0 Å². The third-order valence-electron chi connectivity index (χ3n) is 2.71. The molecule has 0 aliphatic heterocycles. The first-order valence-corrected chi connectivity index (χ1v) is 6.36. The van der Waals surface area contributed by atoms with Gasteiger partial charge in [-0.3, -0.25) is 9.48 Å². The zero-order valence-electron chi connectivity index (χ0n) is 11.7. The van der Waals surface area contributed by atoms with E-state index in [1.165, 1.54) is 40.9 Å². The van der Waals surface area contributed by atoms with E-state index < -0.39 is 18.2 Å². The van der Waals surface area contributed by atoms with Crippen molar-refractivity contribution in [1.82, 2.24) is 24.9 Å². The molecule has 2 heterocycles. The number of carbonyl (C=O) groups excluding carboxylic acids is 1. The third kappa shape index (κ3) is 3.87. The van der Waals surface area contributed by atoms with Crippen LogP contribution < -0.4 is 16.2 Å². The SMILES string of the molecule is Cn1cc(NC(=O)NCCn2ncccc2=O)c(C(F)F)n1. The Bertz CT molecular complexity index is 712. The molecule has 0 saturated heterocycles. The van der Waals surface area contributed by atoms with Crippen LogP contribution in [-0.2, 0) is 13.6 Å². The minimum atomic E-state index is -2.79. The average Bonchev–Trinajstić information content (AvgIpc) is 2.82. The van der Waals surface area contributed by atoms with Crippen LogP contribution >= 0.6 is 0 Å². The van der Waals surface area contributed by atoms with Crippen molar-refractivity contribution >= 4 is 11.7 Å². The number of urea groups is 1. The Morgan fingerprint density at radius 2 is 2.23 bits per heavy atom. The predicted molar refractivity (Wildman–Crippen MR) is 73.7 cm³/mol. The Labute approximate surface area is 123 Å². The molecule has 0 aromatic carbocycles. The van der Waals surface area contributed by atoms with Gasteiger partial charge >= 0.3 is 6.03 Å². The number of halogens is 2. The molecule has 2 N–H and O–H groups in total. The fourth-order valence-corrected chi connectivity index (χ4v) is 1.76. The summed E-state index contributed by atoms with van der Waals surface area (Å²) in [6.07, 6.45) is -0.0559. The molecule has 2 amide bonds. The number of nitrogens with zero attached hydrogens (tertiary/aromatic N) is 4. The Hall–Kier alpha value is -2.78. The summed E-state index contributed by atoms with van der Waals surface area (Å²) < 4.78 is 27.8. The van der Waals surface area contributed by atoms with Crippen molar-refractivity contribution in [3.63, 3.8) is 0 Å². The Morgan fingerprint density at radius 3 is 2.91 bits per heavy atom. The molecule has 0 radical (unpaired) electrons. The molecule has 10 heteroatoms. The topological polar surface area (TPSA) is 93.8 Å². The Kier molecular flexibility index (Phi) is 4.81. The highest BCUT2D eigenvalue weighted by atomic mass is 19.3. The van der Waals surface area contributed by atoms with Crippen LogP contribution in [0.1, 0.15) is 12.1 Å². The fraction of sp³-hybridized carbons (Fsp3) is 0.333. The van der Waals surface area contributed by atoms with Crippen LogP contribution in [0.3, 0.4) is 0 Å². The van der Waals surface area contributed by atoms with Crippen LogP contribution in [0.15, 0.2) is 29.3 Å². The first-order valence-electron chi connectivity index (χ1n) is 6.36. The summed E-state index contributed by atoms with van der Waals surface area (Å²) in [6.45, 7) is 0.287. The number of aryl methyl sites for hydroxylation is 1. The molecule has 0 spiro atoms. The van der Waals surface area contributed by atoms with E-state index >= 15 is 0 Å². The van der Waals surface area contributed by atoms with Crippen LogP contribution in [0, 0.1) is 0 Å². The lowest BCUT2D eigenvalue weighted by Gasteiger charge is -2.08. The van der Waals surface area contributed by atoms with E-state index in [9.17, 15) is 18.4 Å². The van der Waals surface area contributed by atoms with Gasteiger partial charge in [0.05, 0.1) is 12.2 Å². The number of hydrogen-bond acceptors (Lipinski definition) is 4. The van der Waals surface area contributed by atoms with Gasteiger partial charge in [-0.25, -0.2) is 18.3 Å². The van der Waals surface area contributed by atoms with Gasteiger partial charge in [-0.15, -0.1) is 0 Å². The van der Waals surface area contributed by atoms with Crippen LogP contribution in [0.4, 0.5) is 19.3 Å². The minimum absolute atomic E-state index is 0.0648. The molecule has 8 nitrogen and oxygen atoms in total. The van der Waals surface area contributed by atoms with E-state index in [0.717, 1.165) is 0 Å². The summed E-state index contributed by atoms with van der Waals surface area (Å²) in [5.41, 5.74) is -0.861. The van der Waals surface area contributed by atoms with Crippen LogP contribution in [0.5, 0.6) is 0 Å². The second kappa shape index (κ2) is 6.78. The number of amides is 2. The molecule has 0 aliphatic rings. The van der Waals surface area contributed by atoms with E-state index in [1.54, 1.807) is 0 Å². The maximum absolute atomic E-state index is 12.7. The predicted octanol–water partition coefficient (Wildman–Crippen LogP) is 0.736. The van der Waals surface area contributed by atoms with E-state index in [0.29, 0.717) is 0 Å². The molecule has 0 aliphatic carbocycles. The molecular formula is C12H14F2N6O2. The normalized spacial score (nSPS) is 10.7. The largest absolute Gasteiger partial charge is 0.336 e. The number of alkyl halides is 2. The molecule has 2 rings (SSSR count). The van der Waals surface area contributed by atoms with Gasteiger partial charge in [-0.2, -0.15) is 10.2 Å². The monoisotopic (exact) mass is 312 g/mol. The van der Waals surface area contributed by atoms with Gasteiger partial charge in [0.1, 0.15) is 0 Å². The van der Waals surface area contributed by atoms with E-state index in [2.05, 4.69) is 20.8 Å². The summed E-state index contributed by atoms with van der Waals surface area (Å²) in [6, 6.07) is 2.18. The van der Waals surface area contributed by atoms with E-state index in [-0.39, 0.29) is 24.3 Å². The number of hydrogen-bond donors (Lipinski definition) is 2. The number of aromatic nitrogens is 4. The summed E-state index contributed by atoms with van der Waals surface area (Å²) in [4.78, 5) is 23.0. The van der Waals surface area contributed by atoms with Gasteiger partial charge in [0, 0.05) is 32.1 Å². The van der Waals surface area contributed by atoms with Crippen LogP contribution in [-0.4, -0.2) is 32.1 Å². The lowest BCUT2D eigenvalue weighted by atomic mass is 10.4. The van der Waals surface area contributed by atoms with Gasteiger partial charge in [0.15, 0.2) is 5.69 Å². The quantitative estimate of drug-likeness (QED) is 0.851. The Morgan fingerprint density at radius 1 is 1.45 bits per heavy atom. The molecule has 0 bridgehead atoms. The second-order valence-electron chi connectivity index (χ2n) is 4.37. The van der Waals surface area contributed by atoms with Gasteiger partial charge in [0.2, 0.25) is 0 Å². The Balaban J connectivity index is 1.89. The highest BCUT2D eigenvalue weighted by Gasteiger charge is 2.18. The molecule has 22 heavy (non-hydrogen) atoms. The summed E-state index contributed by atoms with van der Waals surface area (Å²) in [5, 5.41) is 12.1. The molecule has 0 saturated carbocycles. The highest BCUT2D eigenvalue weighted by molar-refractivity contribution is 5.89. The van der Waals surface area contributed by atoms with E-state index in [4.69, 9.17) is 0 Å². The average molecular weight is 312 g/mol. The number of anilines is 1. The number of rotatable bonds is 5. The van der Waals surface area contributed by atoms with Crippen molar-refractivity contribution in [2.24, 2.45) is 7.05 Å². The zero-order chi connectivity index (χ0) is 16.1. The fourth-order valence-electron chi connectivity index (χ4n) is 1.76. The molecular weight excluding hydrogens is 298 g/mol. The lowest BCUT2D eigenvalue weighted by Crippen LogP contribution is -2.34. The summed E-state index contributed by atoms with van der Waals surface area (Å²) in [5.74, 6) is 0. The first-order chi connectivity index (χ1) is 10.5. The number of carbonyl (C=O) groups is 1. The molecule has 2 aromatic heterocycles. The lowest BCUT2D eigenvalue weighted by molar-refractivity contribution is 0.146. The standard InChI is InChI=1S/C12H14F2N6O2/c1-19-7-8(10(18-19)11(13)14)17-12(22)15-5-6-20-9(21)3-2-4-16-20/h2-4,7,11H,5-6H2,1H3,(H2,15,17,22). The first kappa shape index (κ1) is 15.6. The zero-order valence-corrected chi connectivity index (χ0v) is 11.7. The van der Waals surface area contributed by atoms with Gasteiger partial charge in [-0.05, 0) is 6.07 Å². The van der Waals surface area contributed by atoms with Crippen LogP contribution in [0.2, 0.25) is 0 Å². The maximum atomic E-state index is 12.7. The summed E-state index contributed by atoms with van der Waals surface area (Å²) >= 11 is 0. The van der Waals surface area contributed by atoms with Crippen molar-refractivity contribution in [1.29, 1.82) is 0 Å². The van der Waals surface area contributed by atoms with Crippen molar-refractivity contribution in [3.05, 3.63) is 40.6 Å². The van der Waals surface area contributed by atoms with Crippen molar-refractivity contribution in [2.45, 2.75) is 13.0 Å². The molecule has 0 fully saturated rings. The third-order valence-corrected chi connectivity index (χ3v) is 2.71. The minimum Gasteiger partial charge on any atom is -0.336 e. The van der Waals surface area contributed by atoms with Crippen molar-refractivity contribution in [3.8, 4) is 0 Å². The maximum Gasteiger partial charge on any atom is 0.319 e. The molecule has 0 unspecified atom stereocenters. The summed E-state index contributed by atoms with van der Waals surface area (Å²) in [7, 11) is 1.47. The van der Waals surface area contributed by atoms with Crippen molar-refractivity contribution in [2.75, 3.05) is 11.9 Å². The van der Waals surface area contributed by atoms with E-state index in [1.807, 2.05) is 0 Å². The van der Waals surface area contributed by atoms with Gasteiger partial charge < -0.3 is 10.6 Å². The highest BCUT2D eigenvalue weighted by Crippen LogP contribution is 2.24. The molecule has 118 valence electrons. The van der Waals surface area contributed by atoms with Crippen molar-refractivity contribution < 1.29 is 13.6 Å². The smallest absolute Gasteiger partial charge is 0.319 e. The second-order valence-corrected chi connectivity index (χ2v) is 4.37. The molecule has 0 atom stereocenters. The number of nitrogens with one attached hydrogen (secondary N) is 2. The van der Waals surface area contributed by atoms with Crippen LogP contribution in [0.25, 0.3) is 0 Å². The van der Waals surface area contributed by atoms with Gasteiger partial charge in [0.25, 0.3) is 12.0 Å². The molecule has 2 aromatic rings.